The fourth-order valence-electron chi connectivity index (χ4n) is 4.61. The van der Waals surface area contributed by atoms with Crippen molar-refractivity contribution in [1.29, 1.82) is 0 Å². The van der Waals surface area contributed by atoms with E-state index in [9.17, 15) is 10.2 Å². The maximum Gasteiger partial charge on any atom is 0.0540 e. The molecule has 0 aliphatic carbocycles. The highest BCUT2D eigenvalue weighted by Gasteiger charge is 2.05. The fourth-order valence-corrected chi connectivity index (χ4v) is 4.61. The van der Waals surface area contributed by atoms with Crippen LogP contribution in [0.4, 0.5) is 0 Å². The van der Waals surface area contributed by atoms with Gasteiger partial charge in [-0.2, -0.15) is 0 Å². The lowest BCUT2D eigenvalue weighted by Gasteiger charge is -2.11. The molecule has 0 aromatic rings. The molecule has 0 saturated carbocycles. The van der Waals surface area contributed by atoms with E-state index in [-0.39, 0.29) is 12.2 Å². The summed E-state index contributed by atoms with van der Waals surface area (Å²) in [4.78, 5) is 0. The molecule has 188 valence electrons. The fraction of sp³-hybridized carbons (Fsp3) is 1.00. The third kappa shape index (κ3) is 26.1. The van der Waals surface area contributed by atoms with Crippen molar-refractivity contribution in [1.82, 2.24) is 0 Å². The van der Waals surface area contributed by atoms with Gasteiger partial charge in [0.1, 0.15) is 0 Å². The Kier molecular flexibility index (Phi) is 26.1. The van der Waals surface area contributed by atoms with Gasteiger partial charge in [-0.05, 0) is 25.7 Å². The second-order valence-electron chi connectivity index (χ2n) is 10.2. The van der Waals surface area contributed by atoms with Crippen molar-refractivity contribution in [3.05, 3.63) is 0 Å². The summed E-state index contributed by atoms with van der Waals surface area (Å²) in [5, 5.41) is 20.1. The molecule has 0 heterocycles. The first-order valence-electron chi connectivity index (χ1n) is 14.6. The number of unbranched alkanes of at least 4 members (excludes halogenated alkanes) is 18. The van der Waals surface area contributed by atoms with Gasteiger partial charge in [0.05, 0.1) is 12.2 Å². The van der Waals surface area contributed by atoms with Gasteiger partial charge in [0.2, 0.25) is 0 Å². The summed E-state index contributed by atoms with van der Waals surface area (Å²) < 4.78 is 0. The Labute approximate surface area is 197 Å². The molecule has 2 N–H and O–H groups in total. The largest absolute Gasteiger partial charge is 0.393 e. The van der Waals surface area contributed by atoms with Crippen LogP contribution in [0.1, 0.15) is 174 Å². The van der Waals surface area contributed by atoms with Crippen LogP contribution < -0.4 is 0 Å². The summed E-state index contributed by atoms with van der Waals surface area (Å²) in [5.41, 5.74) is 0. The zero-order chi connectivity index (χ0) is 22.8. The Bertz CT molecular complexity index is 318. The smallest absolute Gasteiger partial charge is 0.0540 e. The van der Waals surface area contributed by atoms with Crippen molar-refractivity contribution < 1.29 is 10.2 Å². The van der Waals surface area contributed by atoms with E-state index in [0.29, 0.717) is 0 Å². The van der Waals surface area contributed by atoms with Crippen LogP contribution in [0.25, 0.3) is 0 Å². The summed E-state index contributed by atoms with van der Waals surface area (Å²) in [6.45, 7) is 4.50. The third-order valence-electron chi connectivity index (χ3n) is 6.86. The number of hydrogen-bond acceptors (Lipinski definition) is 2. The van der Waals surface area contributed by atoms with Crippen LogP contribution in [0, 0.1) is 0 Å². The molecule has 0 aliphatic rings. The van der Waals surface area contributed by atoms with E-state index >= 15 is 0 Å². The molecule has 0 aliphatic heterocycles. The van der Waals surface area contributed by atoms with Crippen LogP contribution in [-0.2, 0) is 0 Å². The van der Waals surface area contributed by atoms with Gasteiger partial charge in [-0.3, -0.25) is 0 Å². The first kappa shape index (κ1) is 30.9. The molecule has 0 aromatic carbocycles. The molecule has 2 heteroatoms. The van der Waals surface area contributed by atoms with E-state index in [0.717, 1.165) is 38.5 Å². The number of rotatable bonds is 26. The van der Waals surface area contributed by atoms with E-state index in [1.54, 1.807) is 0 Å². The Hall–Kier alpha value is -0.0800. The zero-order valence-electron chi connectivity index (χ0n) is 21.7. The highest BCUT2D eigenvalue weighted by Crippen LogP contribution is 2.16. The van der Waals surface area contributed by atoms with E-state index in [2.05, 4.69) is 13.8 Å². The van der Waals surface area contributed by atoms with E-state index < -0.39 is 0 Å². The second-order valence-corrected chi connectivity index (χ2v) is 10.2. The number of aliphatic hydroxyl groups is 2. The van der Waals surface area contributed by atoms with Crippen LogP contribution in [0.5, 0.6) is 0 Å². The summed E-state index contributed by atoms with van der Waals surface area (Å²) in [6.07, 6.45) is 31.6. The van der Waals surface area contributed by atoms with Gasteiger partial charge in [-0.25, -0.2) is 0 Å². The van der Waals surface area contributed by atoms with Crippen molar-refractivity contribution in [2.45, 2.75) is 187 Å². The Morgan fingerprint density at radius 2 is 0.516 bits per heavy atom. The molecule has 2 unspecified atom stereocenters. The first-order chi connectivity index (χ1) is 15.2. The predicted molar refractivity (Wildman–Crippen MR) is 139 cm³/mol. The Balaban J connectivity index is 3.20. The highest BCUT2D eigenvalue weighted by molar-refractivity contribution is 4.60. The maximum absolute atomic E-state index is 10.2. The minimum atomic E-state index is -0.0861. The van der Waals surface area contributed by atoms with Crippen LogP contribution in [0.15, 0.2) is 0 Å². The Morgan fingerprint density at radius 3 is 0.806 bits per heavy atom. The van der Waals surface area contributed by atoms with Crippen molar-refractivity contribution in [2.24, 2.45) is 0 Å². The summed E-state index contributed by atoms with van der Waals surface area (Å²) >= 11 is 0. The number of aliphatic hydroxyl groups excluding tert-OH is 2. The second kappa shape index (κ2) is 26.2. The predicted octanol–water partition coefficient (Wildman–Crippen LogP) is 9.50. The lowest BCUT2D eigenvalue weighted by atomic mass is 10.0. The molecule has 31 heavy (non-hydrogen) atoms. The molecule has 0 amide bonds. The standard InChI is InChI=1S/C29H60O2/c1-3-5-7-8-9-10-11-12-13-14-15-16-17-21-25-29(31)27-23-19-18-22-26-28(30)24-20-6-4-2/h28-31H,3-27H2,1-2H3. The molecule has 0 rings (SSSR count). The molecular formula is C29H60O2. The van der Waals surface area contributed by atoms with Gasteiger partial charge in [0.25, 0.3) is 0 Å². The first-order valence-corrected chi connectivity index (χ1v) is 14.6. The normalized spacial score (nSPS) is 13.5. The van der Waals surface area contributed by atoms with Crippen LogP contribution in [0.3, 0.4) is 0 Å². The van der Waals surface area contributed by atoms with Crippen molar-refractivity contribution in [3.63, 3.8) is 0 Å². The van der Waals surface area contributed by atoms with Crippen LogP contribution in [-0.4, -0.2) is 22.4 Å². The summed E-state index contributed by atoms with van der Waals surface area (Å²) in [7, 11) is 0. The molecule has 0 fully saturated rings. The average molecular weight is 441 g/mol. The maximum atomic E-state index is 10.2. The molecule has 0 spiro atoms. The lowest BCUT2D eigenvalue weighted by Crippen LogP contribution is -2.07. The van der Waals surface area contributed by atoms with Gasteiger partial charge in [-0.1, -0.05) is 149 Å². The molecule has 2 nitrogen and oxygen atoms in total. The molecular weight excluding hydrogens is 380 g/mol. The third-order valence-corrected chi connectivity index (χ3v) is 6.86. The highest BCUT2D eigenvalue weighted by atomic mass is 16.3. The van der Waals surface area contributed by atoms with E-state index in [1.807, 2.05) is 0 Å². The van der Waals surface area contributed by atoms with Crippen LogP contribution >= 0.6 is 0 Å². The van der Waals surface area contributed by atoms with Gasteiger partial charge < -0.3 is 10.2 Å². The van der Waals surface area contributed by atoms with Crippen molar-refractivity contribution in [2.75, 3.05) is 0 Å². The summed E-state index contributed by atoms with van der Waals surface area (Å²) in [5.74, 6) is 0. The van der Waals surface area contributed by atoms with Gasteiger partial charge in [0, 0.05) is 0 Å². The van der Waals surface area contributed by atoms with Crippen LogP contribution in [0.2, 0.25) is 0 Å². The van der Waals surface area contributed by atoms with Crippen molar-refractivity contribution in [3.8, 4) is 0 Å². The molecule has 0 aromatic heterocycles. The quantitative estimate of drug-likeness (QED) is 0.131. The topological polar surface area (TPSA) is 40.5 Å². The number of hydrogen-bond donors (Lipinski definition) is 2. The summed E-state index contributed by atoms with van der Waals surface area (Å²) in [6, 6.07) is 0. The van der Waals surface area contributed by atoms with Gasteiger partial charge in [-0.15, -0.1) is 0 Å². The Morgan fingerprint density at radius 1 is 0.323 bits per heavy atom. The average Bonchev–Trinajstić information content (AvgIpc) is 2.76. The monoisotopic (exact) mass is 440 g/mol. The lowest BCUT2D eigenvalue weighted by molar-refractivity contribution is 0.142. The minimum Gasteiger partial charge on any atom is -0.393 e. The van der Waals surface area contributed by atoms with Gasteiger partial charge >= 0.3 is 0 Å². The SMILES string of the molecule is CCCCCCCCCCCCCCCCC(O)CCCCCCC(O)CCCCC. The van der Waals surface area contributed by atoms with E-state index in [1.165, 1.54) is 122 Å². The molecule has 0 saturated heterocycles. The minimum absolute atomic E-state index is 0.0857. The van der Waals surface area contributed by atoms with Crippen molar-refractivity contribution >= 4 is 0 Å². The van der Waals surface area contributed by atoms with E-state index in [4.69, 9.17) is 0 Å². The zero-order valence-corrected chi connectivity index (χ0v) is 21.7. The van der Waals surface area contributed by atoms with Gasteiger partial charge in [0.15, 0.2) is 0 Å². The molecule has 2 atom stereocenters. The molecule has 0 radical (unpaired) electrons. The molecule has 0 bridgehead atoms.